The smallest absolute Gasteiger partial charge is 0.456 e. The Bertz CT molecular complexity index is 593. The van der Waals surface area contributed by atoms with Gasteiger partial charge < -0.3 is 28.6 Å². The third-order valence-electron chi connectivity index (χ3n) is 3.36. The van der Waals surface area contributed by atoms with Gasteiger partial charge in [0.05, 0.1) is 6.61 Å². The second kappa shape index (κ2) is 10.1. The first-order valence-corrected chi connectivity index (χ1v) is 9.23. The SMILES string of the molecule is CO[C@H]1O[C@H](COP(=O)(O)OC)[C@@H](OC(C)=O)[C@H](OC(C)=O)[C@H]1OC(C)=O. The molecule has 1 rings (SSSR count). The second-order valence-corrected chi connectivity index (χ2v) is 7.01. The summed E-state index contributed by atoms with van der Waals surface area (Å²) in [6.07, 6.45) is -6.34. The summed E-state index contributed by atoms with van der Waals surface area (Å²) >= 11 is 0. The number of esters is 3. The molecule has 0 saturated carbocycles. The van der Waals surface area contributed by atoms with E-state index in [2.05, 4.69) is 4.52 Å². The molecular weight excluding hydrogens is 391 g/mol. The zero-order valence-corrected chi connectivity index (χ0v) is 16.4. The first-order chi connectivity index (χ1) is 12.5. The lowest BCUT2D eigenvalue weighted by Gasteiger charge is -2.43. The quantitative estimate of drug-likeness (QED) is 0.321. The lowest BCUT2D eigenvalue weighted by molar-refractivity contribution is -0.301. The molecule has 1 aliphatic rings. The molecule has 13 heteroatoms. The summed E-state index contributed by atoms with van der Waals surface area (Å²) in [4.78, 5) is 43.8. The molecule has 0 aromatic heterocycles. The normalized spacial score (nSPS) is 30.1. The zero-order valence-electron chi connectivity index (χ0n) is 15.5. The van der Waals surface area contributed by atoms with Crippen LogP contribution in [0, 0.1) is 0 Å². The van der Waals surface area contributed by atoms with Crippen molar-refractivity contribution in [1.29, 1.82) is 0 Å². The summed E-state index contributed by atoms with van der Waals surface area (Å²) in [5.74, 6) is -2.24. The fourth-order valence-corrected chi connectivity index (χ4v) is 2.84. The highest BCUT2D eigenvalue weighted by atomic mass is 31.2. The highest BCUT2D eigenvalue weighted by molar-refractivity contribution is 7.47. The van der Waals surface area contributed by atoms with Crippen molar-refractivity contribution >= 4 is 25.7 Å². The van der Waals surface area contributed by atoms with E-state index in [1.54, 1.807) is 0 Å². The van der Waals surface area contributed by atoms with Gasteiger partial charge in [0.25, 0.3) is 0 Å². The van der Waals surface area contributed by atoms with Gasteiger partial charge >= 0.3 is 25.7 Å². The van der Waals surface area contributed by atoms with Crippen LogP contribution in [0.4, 0.5) is 0 Å². The van der Waals surface area contributed by atoms with Gasteiger partial charge in [-0.2, -0.15) is 0 Å². The molecule has 1 unspecified atom stereocenters. The average molecular weight is 414 g/mol. The first kappa shape index (κ1) is 23.5. The molecule has 0 radical (unpaired) electrons. The highest BCUT2D eigenvalue weighted by Crippen LogP contribution is 2.43. The van der Waals surface area contributed by atoms with E-state index in [1.807, 2.05) is 0 Å². The van der Waals surface area contributed by atoms with Gasteiger partial charge in [0.15, 0.2) is 24.6 Å². The molecule has 0 spiro atoms. The average Bonchev–Trinajstić information content (AvgIpc) is 2.55. The van der Waals surface area contributed by atoms with Gasteiger partial charge in [-0.05, 0) is 0 Å². The van der Waals surface area contributed by atoms with Crippen LogP contribution in [-0.4, -0.2) is 74.3 Å². The number of carbonyl (C=O) groups excluding carboxylic acids is 3. The molecule has 6 atom stereocenters. The van der Waals surface area contributed by atoms with Crippen LogP contribution in [0.25, 0.3) is 0 Å². The van der Waals surface area contributed by atoms with Crippen molar-refractivity contribution in [3.05, 3.63) is 0 Å². The number of carbonyl (C=O) groups is 3. The van der Waals surface area contributed by atoms with Crippen LogP contribution in [0.2, 0.25) is 0 Å². The number of phosphoric ester groups is 1. The van der Waals surface area contributed by atoms with E-state index in [9.17, 15) is 23.8 Å². The second-order valence-electron chi connectivity index (χ2n) is 5.45. The topological polar surface area (TPSA) is 153 Å². The van der Waals surface area contributed by atoms with Crippen molar-refractivity contribution in [2.45, 2.75) is 51.5 Å². The van der Waals surface area contributed by atoms with Gasteiger partial charge in [0, 0.05) is 35.0 Å². The largest absolute Gasteiger partial charge is 0.472 e. The molecule has 12 nitrogen and oxygen atoms in total. The lowest BCUT2D eigenvalue weighted by atomic mass is 9.98. The molecule has 0 aliphatic carbocycles. The van der Waals surface area contributed by atoms with Gasteiger partial charge in [-0.1, -0.05) is 0 Å². The summed E-state index contributed by atoms with van der Waals surface area (Å²) < 4.78 is 46.7. The molecule has 1 saturated heterocycles. The summed E-state index contributed by atoms with van der Waals surface area (Å²) in [7, 11) is -2.17. The number of hydrogen-bond donors (Lipinski definition) is 1. The molecule has 0 amide bonds. The van der Waals surface area contributed by atoms with Crippen LogP contribution in [0.1, 0.15) is 20.8 Å². The minimum atomic E-state index is -4.37. The predicted molar refractivity (Wildman–Crippen MR) is 85.1 cm³/mol. The standard InChI is InChI=1S/C14H23O12P/c1-7(15)23-11-10(6-22-27(18,19)21-5)26-14(20-4)13(25-9(3)17)12(11)24-8(2)16/h10-14H,6H2,1-5H3,(H,18,19)/t10-,11-,12+,13-,14+/m1/s1. The van der Waals surface area contributed by atoms with Crippen LogP contribution in [-0.2, 0) is 51.7 Å². The predicted octanol–water partition coefficient (Wildman–Crippen LogP) is -0.0838. The van der Waals surface area contributed by atoms with Gasteiger partial charge in [0.2, 0.25) is 0 Å². The third-order valence-corrected chi connectivity index (χ3v) is 4.30. The minimum absolute atomic E-state index is 0.579. The Morgan fingerprint density at radius 2 is 1.41 bits per heavy atom. The Morgan fingerprint density at radius 3 is 1.85 bits per heavy atom. The third kappa shape index (κ3) is 7.17. The Morgan fingerprint density at radius 1 is 0.926 bits per heavy atom. The molecule has 1 fully saturated rings. The zero-order chi connectivity index (χ0) is 20.8. The molecule has 156 valence electrons. The summed E-state index contributed by atoms with van der Waals surface area (Å²) in [6, 6.07) is 0. The molecule has 0 aromatic rings. The fraction of sp³-hybridized carbons (Fsp3) is 0.786. The van der Waals surface area contributed by atoms with Crippen LogP contribution < -0.4 is 0 Å². The molecule has 27 heavy (non-hydrogen) atoms. The minimum Gasteiger partial charge on any atom is -0.456 e. The van der Waals surface area contributed by atoms with Crippen molar-refractivity contribution in [1.82, 2.24) is 0 Å². The van der Waals surface area contributed by atoms with Gasteiger partial charge in [-0.25, -0.2) is 4.57 Å². The maximum atomic E-state index is 11.5. The van der Waals surface area contributed by atoms with Crippen LogP contribution in [0.15, 0.2) is 0 Å². The maximum Gasteiger partial charge on any atom is 0.472 e. The maximum absolute atomic E-state index is 11.5. The Balaban J connectivity index is 3.20. The van der Waals surface area contributed by atoms with E-state index < -0.39 is 63.0 Å². The molecule has 1 aliphatic heterocycles. The van der Waals surface area contributed by atoms with Gasteiger partial charge in [-0.3, -0.25) is 23.4 Å². The van der Waals surface area contributed by atoms with Gasteiger partial charge in [-0.15, -0.1) is 0 Å². The van der Waals surface area contributed by atoms with Crippen molar-refractivity contribution < 1.29 is 56.6 Å². The van der Waals surface area contributed by atoms with E-state index in [0.29, 0.717) is 0 Å². The summed E-state index contributed by atoms with van der Waals surface area (Å²) in [5.41, 5.74) is 0. The van der Waals surface area contributed by atoms with Crippen molar-refractivity contribution in [2.75, 3.05) is 20.8 Å². The lowest BCUT2D eigenvalue weighted by Crippen LogP contribution is -2.62. The van der Waals surface area contributed by atoms with Crippen molar-refractivity contribution in [2.24, 2.45) is 0 Å². The van der Waals surface area contributed by atoms with Crippen molar-refractivity contribution in [3.63, 3.8) is 0 Å². The Hall–Kier alpha value is -1.56. The van der Waals surface area contributed by atoms with Gasteiger partial charge in [0.1, 0.15) is 6.10 Å². The molecule has 0 aromatic carbocycles. The Kier molecular flexibility index (Phi) is 8.79. The van der Waals surface area contributed by atoms with E-state index in [4.69, 9.17) is 28.2 Å². The summed E-state index contributed by atoms with van der Waals surface area (Å²) in [6.45, 7) is 2.74. The molecule has 1 heterocycles. The van der Waals surface area contributed by atoms with E-state index >= 15 is 0 Å². The number of ether oxygens (including phenoxy) is 5. The van der Waals surface area contributed by atoms with E-state index in [0.717, 1.165) is 27.9 Å². The fourth-order valence-electron chi connectivity index (χ4n) is 2.40. The van der Waals surface area contributed by atoms with Crippen LogP contribution in [0.5, 0.6) is 0 Å². The van der Waals surface area contributed by atoms with E-state index in [-0.39, 0.29) is 0 Å². The van der Waals surface area contributed by atoms with Crippen molar-refractivity contribution in [3.8, 4) is 0 Å². The number of phosphoric acid groups is 1. The number of rotatable bonds is 8. The number of methoxy groups -OCH3 is 1. The highest BCUT2D eigenvalue weighted by Gasteiger charge is 2.52. The molecule has 0 bridgehead atoms. The number of hydrogen-bond acceptors (Lipinski definition) is 11. The summed E-state index contributed by atoms with van der Waals surface area (Å²) in [5, 5.41) is 0. The van der Waals surface area contributed by atoms with E-state index in [1.165, 1.54) is 7.11 Å². The Labute approximate surface area is 155 Å². The molecule has 1 N–H and O–H groups in total. The first-order valence-electron chi connectivity index (χ1n) is 7.73. The van der Waals surface area contributed by atoms with Crippen LogP contribution in [0.3, 0.4) is 0 Å². The monoisotopic (exact) mass is 414 g/mol. The molecular formula is C14H23O12P. The van der Waals surface area contributed by atoms with Crippen LogP contribution >= 0.6 is 7.82 Å².